The van der Waals surface area contributed by atoms with Crippen LogP contribution in [0.1, 0.15) is 13.3 Å². The van der Waals surface area contributed by atoms with Crippen molar-refractivity contribution < 1.29 is 27.9 Å². The lowest BCUT2D eigenvalue weighted by atomic mass is 10.1. The first-order valence-electron chi connectivity index (χ1n) is 5.90. The summed E-state index contributed by atoms with van der Waals surface area (Å²) < 4.78 is 22.9. The minimum atomic E-state index is -3.22. The average Bonchev–Trinajstić information content (AvgIpc) is 2.64. The molecule has 1 saturated heterocycles. The standard InChI is InChI=1S/C10H17N3O6S/c1-6(9(16)12-10(11)17)13(4-8(14)15)7-2-3-20(18,19)5-7/h6-7H,2-5H2,1H3,(H,14,15)(H3,11,12,16,17). The van der Waals surface area contributed by atoms with E-state index in [1.165, 1.54) is 11.8 Å². The number of imide groups is 1. The highest BCUT2D eigenvalue weighted by molar-refractivity contribution is 7.91. The Balaban J connectivity index is 2.86. The minimum Gasteiger partial charge on any atom is -0.480 e. The Bertz CT molecular complexity index is 517. The maximum atomic E-state index is 11.7. The lowest BCUT2D eigenvalue weighted by molar-refractivity contribution is -0.140. The van der Waals surface area contributed by atoms with Crippen LogP contribution in [0.5, 0.6) is 0 Å². The third kappa shape index (κ3) is 4.46. The monoisotopic (exact) mass is 307 g/mol. The summed E-state index contributed by atoms with van der Waals surface area (Å²) in [7, 11) is -3.22. The SMILES string of the molecule is CC(C(=O)NC(N)=O)N(CC(=O)O)C1CCS(=O)(=O)C1. The van der Waals surface area contributed by atoms with E-state index < -0.39 is 46.4 Å². The van der Waals surface area contributed by atoms with Gasteiger partial charge in [-0.2, -0.15) is 0 Å². The number of hydrogen-bond donors (Lipinski definition) is 3. The molecule has 2 atom stereocenters. The number of nitrogens with zero attached hydrogens (tertiary/aromatic N) is 1. The number of aliphatic carboxylic acids is 1. The number of hydrogen-bond acceptors (Lipinski definition) is 6. The van der Waals surface area contributed by atoms with Gasteiger partial charge in [0, 0.05) is 6.04 Å². The van der Waals surface area contributed by atoms with Gasteiger partial charge in [-0.05, 0) is 13.3 Å². The Labute approximate surface area is 116 Å². The molecule has 20 heavy (non-hydrogen) atoms. The van der Waals surface area contributed by atoms with Crippen molar-refractivity contribution in [3.8, 4) is 0 Å². The van der Waals surface area contributed by atoms with Crippen molar-refractivity contribution in [1.29, 1.82) is 0 Å². The van der Waals surface area contributed by atoms with Gasteiger partial charge < -0.3 is 10.8 Å². The van der Waals surface area contributed by atoms with E-state index in [1.807, 2.05) is 5.32 Å². The van der Waals surface area contributed by atoms with Gasteiger partial charge in [-0.3, -0.25) is 19.8 Å². The molecule has 114 valence electrons. The van der Waals surface area contributed by atoms with Crippen LogP contribution in [0.3, 0.4) is 0 Å². The van der Waals surface area contributed by atoms with E-state index >= 15 is 0 Å². The highest BCUT2D eigenvalue weighted by atomic mass is 32.2. The molecular formula is C10H17N3O6S. The average molecular weight is 307 g/mol. The molecule has 1 aliphatic rings. The van der Waals surface area contributed by atoms with Gasteiger partial charge in [0.25, 0.3) is 0 Å². The van der Waals surface area contributed by atoms with Crippen molar-refractivity contribution in [3.63, 3.8) is 0 Å². The molecule has 1 fully saturated rings. The number of urea groups is 1. The molecule has 1 rings (SSSR count). The molecular weight excluding hydrogens is 290 g/mol. The summed E-state index contributed by atoms with van der Waals surface area (Å²) in [5.74, 6) is -2.19. The van der Waals surface area contributed by atoms with Crippen LogP contribution in [0.2, 0.25) is 0 Å². The molecule has 0 saturated carbocycles. The van der Waals surface area contributed by atoms with Gasteiger partial charge in [0.15, 0.2) is 9.84 Å². The first kappa shape index (κ1) is 16.4. The maximum absolute atomic E-state index is 11.7. The first-order chi connectivity index (χ1) is 9.12. The molecule has 0 spiro atoms. The second-order valence-corrected chi connectivity index (χ2v) is 6.88. The van der Waals surface area contributed by atoms with Crippen LogP contribution < -0.4 is 11.1 Å². The number of rotatable bonds is 5. The molecule has 10 heteroatoms. The van der Waals surface area contributed by atoms with Crippen molar-refractivity contribution in [2.24, 2.45) is 5.73 Å². The van der Waals surface area contributed by atoms with Crippen LogP contribution in [0, 0.1) is 0 Å². The Morgan fingerprint density at radius 3 is 2.45 bits per heavy atom. The van der Waals surface area contributed by atoms with Gasteiger partial charge in [0.05, 0.1) is 24.1 Å². The number of carboxylic acids is 1. The molecule has 0 aromatic heterocycles. The highest BCUT2D eigenvalue weighted by Crippen LogP contribution is 2.19. The van der Waals surface area contributed by atoms with Crippen molar-refractivity contribution >= 4 is 27.7 Å². The normalized spacial score (nSPS) is 22.4. The Kier molecular flexibility index (Phi) is 5.06. The Morgan fingerprint density at radius 2 is 2.05 bits per heavy atom. The number of carbonyl (C=O) groups excluding carboxylic acids is 2. The second-order valence-electron chi connectivity index (χ2n) is 4.65. The predicted octanol–water partition coefficient (Wildman–Crippen LogP) is -1.86. The molecule has 2 unspecified atom stereocenters. The highest BCUT2D eigenvalue weighted by Gasteiger charge is 2.37. The van der Waals surface area contributed by atoms with Crippen LogP contribution in [-0.4, -0.2) is 66.5 Å². The molecule has 1 heterocycles. The number of carboxylic acid groups (broad SMARTS) is 1. The van der Waals surface area contributed by atoms with E-state index in [9.17, 15) is 22.8 Å². The van der Waals surface area contributed by atoms with E-state index in [1.54, 1.807) is 0 Å². The zero-order chi connectivity index (χ0) is 15.5. The molecule has 9 nitrogen and oxygen atoms in total. The van der Waals surface area contributed by atoms with Crippen LogP contribution in [0.25, 0.3) is 0 Å². The van der Waals surface area contributed by atoms with Gasteiger partial charge in [-0.1, -0.05) is 0 Å². The van der Waals surface area contributed by atoms with Gasteiger partial charge in [-0.25, -0.2) is 13.2 Å². The lowest BCUT2D eigenvalue weighted by Crippen LogP contribution is -2.53. The zero-order valence-corrected chi connectivity index (χ0v) is 11.7. The van der Waals surface area contributed by atoms with E-state index in [0.29, 0.717) is 0 Å². The molecule has 1 aliphatic heterocycles. The molecule has 0 aliphatic carbocycles. The summed E-state index contributed by atoms with van der Waals surface area (Å²) in [6, 6.07) is -2.59. The van der Waals surface area contributed by atoms with Crippen molar-refractivity contribution in [2.45, 2.75) is 25.4 Å². The first-order valence-corrected chi connectivity index (χ1v) is 7.73. The number of carbonyl (C=O) groups is 3. The number of amides is 3. The lowest BCUT2D eigenvalue weighted by Gasteiger charge is -2.31. The number of sulfone groups is 1. The van der Waals surface area contributed by atoms with Crippen molar-refractivity contribution in [2.75, 3.05) is 18.1 Å². The van der Waals surface area contributed by atoms with Gasteiger partial charge in [0.1, 0.15) is 0 Å². The maximum Gasteiger partial charge on any atom is 0.318 e. The van der Waals surface area contributed by atoms with Crippen molar-refractivity contribution in [1.82, 2.24) is 10.2 Å². The number of primary amides is 1. The molecule has 4 N–H and O–H groups in total. The smallest absolute Gasteiger partial charge is 0.318 e. The third-order valence-electron chi connectivity index (χ3n) is 3.12. The predicted molar refractivity (Wildman–Crippen MR) is 68.6 cm³/mol. The van der Waals surface area contributed by atoms with Crippen LogP contribution in [0.4, 0.5) is 4.79 Å². The van der Waals surface area contributed by atoms with Gasteiger partial charge >= 0.3 is 12.0 Å². The van der Waals surface area contributed by atoms with Crippen LogP contribution in [-0.2, 0) is 19.4 Å². The summed E-state index contributed by atoms with van der Waals surface area (Å²) in [5.41, 5.74) is 4.83. The second kappa shape index (κ2) is 6.18. The minimum absolute atomic E-state index is 0.0437. The summed E-state index contributed by atoms with van der Waals surface area (Å²) in [6.45, 7) is 0.902. The fraction of sp³-hybridized carbons (Fsp3) is 0.700. The quantitative estimate of drug-likeness (QED) is 0.539. The molecule has 0 aromatic rings. The summed E-state index contributed by atoms with van der Waals surface area (Å²) in [5, 5.41) is 10.7. The Hall–Kier alpha value is -1.68. The van der Waals surface area contributed by atoms with E-state index in [4.69, 9.17) is 10.8 Å². The summed E-state index contributed by atoms with van der Waals surface area (Å²) in [6.07, 6.45) is 0.254. The fourth-order valence-corrected chi connectivity index (χ4v) is 3.89. The van der Waals surface area contributed by atoms with Crippen LogP contribution in [0.15, 0.2) is 0 Å². The zero-order valence-electron chi connectivity index (χ0n) is 10.9. The summed E-state index contributed by atoms with van der Waals surface area (Å²) >= 11 is 0. The number of nitrogens with two attached hydrogens (primary N) is 1. The van der Waals surface area contributed by atoms with Crippen LogP contribution >= 0.6 is 0 Å². The topological polar surface area (TPSA) is 147 Å². The third-order valence-corrected chi connectivity index (χ3v) is 4.87. The fourth-order valence-electron chi connectivity index (χ4n) is 2.15. The Morgan fingerprint density at radius 1 is 1.45 bits per heavy atom. The molecule has 0 bridgehead atoms. The largest absolute Gasteiger partial charge is 0.480 e. The van der Waals surface area contributed by atoms with E-state index in [2.05, 4.69) is 0 Å². The molecule has 0 aromatic carbocycles. The van der Waals surface area contributed by atoms with E-state index in [0.717, 1.165) is 0 Å². The molecule has 0 radical (unpaired) electrons. The van der Waals surface area contributed by atoms with Gasteiger partial charge in [0.2, 0.25) is 5.91 Å². The van der Waals surface area contributed by atoms with Crippen molar-refractivity contribution in [3.05, 3.63) is 0 Å². The van der Waals surface area contributed by atoms with E-state index in [-0.39, 0.29) is 17.9 Å². The summed E-state index contributed by atoms with van der Waals surface area (Å²) in [4.78, 5) is 34.5. The number of nitrogens with one attached hydrogen (secondary N) is 1. The molecule has 3 amide bonds. The van der Waals surface area contributed by atoms with Gasteiger partial charge in [-0.15, -0.1) is 0 Å².